The molecule has 106 valence electrons. The van der Waals surface area contributed by atoms with Gasteiger partial charge < -0.3 is 19.5 Å². The van der Waals surface area contributed by atoms with Gasteiger partial charge in [0.1, 0.15) is 19.0 Å². The van der Waals surface area contributed by atoms with Crippen molar-refractivity contribution in [3.63, 3.8) is 0 Å². The number of carbonyl (C=O) groups is 1. The molecular formula is C13H20N2O4. The van der Waals surface area contributed by atoms with Crippen molar-refractivity contribution in [3.05, 3.63) is 24.3 Å². The van der Waals surface area contributed by atoms with E-state index in [0.29, 0.717) is 12.3 Å². The second-order valence-corrected chi connectivity index (χ2v) is 4.16. The van der Waals surface area contributed by atoms with Crippen LogP contribution in [-0.2, 0) is 4.74 Å². The number of aliphatic hydroxyl groups excluding tert-OH is 1. The fourth-order valence-corrected chi connectivity index (χ4v) is 1.27. The molecule has 2 N–H and O–H groups in total. The molecule has 0 bridgehead atoms. The van der Waals surface area contributed by atoms with E-state index in [1.807, 2.05) is 19.0 Å². The summed E-state index contributed by atoms with van der Waals surface area (Å²) in [6.07, 6.45) is -0.588. The average Bonchev–Trinajstić information content (AvgIpc) is 2.38. The zero-order valence-electron chi connectivity index (χ0n) is 11.3. The third-order valence-electron chi connectivity index (χ3n) is 2.23. The third-order valence-corrected chi connectivity index (χ3v) is 2.23. The number of rotatable bonds is 7. The minimum absolute atomic E-state index is 0.0163. The molecule has 0 radical (unpaired) electrons. The van der Waals surface area contributed by atoms with Crippen LogP contribution in [0.5, 0.6) is 5.75 Å². The molecule has 1 amide bonds. The molecule has 0 heterocycles. The molecule has 0 aromatic heterocycles. The molecule has 1 rings (SSSR count). The van der Waals surface area contributed by atoms with Crippen molar-refractivity contribution >= 4 is 11.8 Å². The van der Waals surface area contributed by atoms with E-state index in [2.05, 4.69) is 10.1 Å². The van der Waals surface area contributed by atoms with Gasteiger partial charge in [0.15, 0.2) is 0 Å². The molecule has 0 fully saturated rings. The summed E-state index contributed by atoms with van der Waals surface area (Å²) < 4.78 is 10.2. The first kappa shape index (κ1) is 15.3. The molecule has 6 heteroatoms. The maximum Gasteiger partial charge on any atom is 0.411 e. The second-order valence-electron chi connectivity index (χ2n) is 4.16. The molecule has 0 spiro atoms. The van der Waals surface area contributed by atoms with Crippen LogP contribution in [0.1, 0.15) is 0 Å². The van der Waals surface area contributed by atoms with Gasteiger partial charge in [0.05, 0.1) is 6.61 Å². The minimum atomic E-state index is -0.588. The quantitative estimate of drug-likeness (QED) is 0.776. The zero-order chi connectivity index (χ0) is 14.1. The van der Waals surface area contributed by atoms with E-state index in [0.717, 1.165) is 12.3 Å². The van der Waals surface area contributed by atoms with Gasteiger partial charge in [-0.25, -0.2) is 4.79 Å². The van der Waals surface area contributed by atoms with E-state index in [1.54, 1.807) is 24.3 Å². The van der Waals surface area contributed by atoms with Crippen molar-refractivity contribution in [1.29, 1.82) is 0 Å². The summed E-state index contributed by atoms with van der Waals surface area (Å²) in [6.45, 7) is 1.25. The van der Waals surface area contributed by atoms with Crippen LogP contribution < -0.4 is 10.1 Å². The first-order valence-electron chi connectivity index (χ1n) is 6.04. The number of carbonyl (C=O) groups excluding carboxylic acids is 1. The van der Waals surface area contributed by atoms with E-state index >= 15 is 0 Å². The Balaban J connectivity index is 2.36. The lowest BCUT2D eigenvalue weighted by atomic mass is 10.3. The van der Waals surface area contributed by atoms with Gasteiger partial charge in [0.25, 0.3) is 0 Å². The van der Waals surface area contributed by atoms with Crippen LogP contribution >= 0.6 is 0 Å². The van der Waals surface area contributed by atoms with E-state index < -0.39 is 6.09 Å². The van der Waals surface area contributed by atoms with Crippen molar-refractivity contribution in [2.45, 2.75) is 0 Å². The highest BCUT2D eigenvalue weighted by Gasteiger charge is 2.02. The van der Waals surface area contributed by atoms with Gasteiger partial charge in [-0.1, -0.05) is 0 Å². The summed E-state index contributed by atoms with van der Waals surface area (Å²) >= 11 is 0. The largest absolute Gasteiger partial charge is 0.492 e. The number of nitrogens with zero attached hydrogens (tertiary/aromatic N) is 1. The van der Waals surface area contributed by atoms with Gasteiger partial charge in [-0.2, -0.15) is 0 Å². The normalized spacial score (nSPS) is 10.3. The van der Waals surface area contributed by atoms with Crippen LogP contribution in [0.15, 0.2) is 24.3 Å². The smallest absolute Gasteiger partial charge is 0.411 e. The molecule has 6 nitrogen and oxygen atoms in total. The predicted molar refractivity (Wildman–Crippen MR) is 72.5 cm³/mol. The van der Waals surface area contributed by atoms with Crippen molar-refractivity contribution in [1.82, 2.24) is 4.90 Å². The SMILES string of the molecule is CN(C)CCOc1ccc(NC(=O)OCCO)cc1. The van der Waals surface area contributed by atoms with E-state index in [-0.39, 0.29) is 13.2 Å². The number of hydrogen-bond donors (Lipinski definition) is 2. The number of nitrogens with one attached hydrogen (secondary N) is 1. The van der Waals surface area contributed by atoms with Crippen LogP contribution in [0.3, 0.4) is 0 Å². The van der Waals surface area contributed by atoms with E-state index in [9.17, 15) is 4.79 Å². The van der Waals surface area contributed by atoms with Crippen molar-refractivity contribution in [3.8, 4) is 5.75 Å². The summed E-state index contributed by atoms with van der Waals surface area (Å²) in [7, 11) is 3.96. The number of likely N-dealkylation sites (N-methyl/N-ethyl adjacent to an activating group) is 1. The number of benzene rings is 1. The van der Waals surface area contributed by atoms with Crippen molar-refractivity contribution in [2.24, 2.45) is 0 Å². The Labute approximate surface area is 112 Å². The Hall–Kier alpha value is -1.79. The molecule has 1 aromatic rings. The molecule has 0 aliphatic carbocycles. The lowest BCUT2D eigenvalue weighted by Crippen LogP contribution is -2.19. The van der Waals surface area contributed by atoms with Crippen LogP contribution in [0.2, 0.25) is 0 Å². The summed E-state index contributed by atoms with van der Waals surface area (Å²) in [4.78, 5) is 13.3. The fourth-order valence-electron chi connectivity index (χ4n) is 1.27. The molecule has 0 saturated carbocycles. The number of aliphatic hydroxyl groups is 1. The first-order valence-corrected chi connectivity index (χ1v) is 6.04. The van der Waals surface area contributed by atoms with Gasteiger partial charge in [-0.3, -0.25) is 5.32 Å². The number of hydrogen-bond acceptors (Lipinski definition) is 5. The fraction of sp³-hybridized carbons (Fsp3) is 0.462. The molecular weight excluding hydrogens is 248 g/mol. The molecule has 0 unspecified atom stereocenters. The zero-order valence-corrected chi connectivity index (χ0v) is 11.3. The molecule has 19 heavy (non-hydrogen) atoms. The Morgan fingerprint density at radius 3 is 2.53 bits per heavy atom. The van der Waals surface area contributed by atoms with Crippen LogP contribution in [-0.4, -0.2) is 56.6 Å². The standard InChI is InChI=1S/C13H20N2O4/c1-15(2)7-9-18-12-5-3-11(4-6-12)14-13(17)19-10-8-16/h3-6,16H,7-10H2,1-2H3,(H,14,17). The maximum absolute atomic E-state index is 11.2. The van der Waals surface area contributed by atoms with Gasteiger partial charge in [-0.15, -0.1) is 0 Å². The summed E-state index contributed by atoms with van der Waals surface area (Å²) in [6, 6.07) is 7.00. The number of amides is 1. The van der Waals surface area contributed by atoms with Crippen molar-refractivity contribution in [2.75, 3.05) is 45.8 Å². The summed E-state index contributed by atoms with van der Waals surface area (Å²) in [5.74, 6) is 0.746. The highest BCUT2D eigenvalue weighted by molar-refractivity contribution is 5.84. The monoisotopic (exact) mass is 268 g/mol. The van der Waals surface area contributed by atoms with Crippen molar-refractivity contribution < 1.29 is 19.4 Å². The Bertz CT molecular complexity index is 379. The number of ether oxygens (including phenoxy) is 2. The number of anilines is 1. The Kier molecular flexibility index (Phi) is 6.70. The average molecular weight is 268 g/mol. The molecule has 0 atom stereocenters. The Morgan fingerprint density at radius 2 is 1.95 bits per heavy atom. The predicted octanol–water partition coefficient (Wildman–Crippen LogP) is 1.17. The summed E-state index contributed by atoms with van der Waals surface area (Å²) in [5, 5.41) is 11.1. The van der Waals surface area contributed by atoms with Gasteiger partial charge >= 0.3 is 6.09 Å². The molecule has 0 aliphatic heterocycles. The third kappa shape index (κ3) is 6.64. The highest BCUT2D eigenvalue weighted by atomic mass is 16.6. The topological polar surface area (TPSA) is 71.0 Å². The van der Waals surface area contributed by atoms with E-state index in [4.69, 9.17) is 9.84 Å². The second kappa shape index (κ2) is 8.34. The van der Waals surface area contributed by atoms with Gasteiger partial charge in [0, 0.05) is 12.2 Å². The summed E-state index contributed by atoms with van der Waals surface area (Å²) in [5.41, 5.74) is 0.614. The van der Waals surface area contributed by atoms with Crippen LogP contribution in [0.4, 0.5) is 10.5 Å². The molecule has 1 aromatic carbocycles. The lowest BCUT2D eigenvalue weighted by molar-refractivity contribution is 0.131. The van der Waals surface area contributed by atoms with Crippen LogP contribution in [0.25, 0.3) is 0 Å². The minimum Gasteiger partial charge on any atom is -0.492 e. The first-order chi connectivity index (χ1) is 9.11. The maximum atomic E-state index is 11.2. The molecule has 0 aliphatic rings. The lowest BCUT2D eigenvalue weighted by Gasteiger charge is -2.11. The van der Waals surface area contributed by atoms with Gasteiger partial charge in [0.2, 0.25) is 0 Å². The van der Waals surface area contributed by atoms with Crippen LogP contribution in [0, 0.1) is 0 Å². The highest BCUT2D eigenvalue weighted by Crippen LogP contribution is 2.15. The Morgan fingerprint density at radius 1 is 1.26 bits per heavy atom. The molecule has 0 saturated heterocycles. The van der Waals surface area contributed by atoms with E-state index in [1.165, 1.54) is 0 Å². The van der Waals surface area contributed by atoms with Gasteiger partial charge in [-0.05, 0) is 38.4 Å².